The third kappa shape index (κ3) is 5.61. The van der Waals surface area contributed by atoms with Crippen molar-refractivity contribution < 1.29 is 14.3 Å². The first kappa shape index (κ1) is 22.6. The number of hydrogen-bond donors (Lipinski definition) is 2. The normalized spacial score (nSPS) is 13.9. The van der Waals surface area contributed by atoms with Gasteiger partial charge in [0.25, 0.3) is 5.91 Å². The maximum absolute atomic E-state index is 12.7. The molecule has 1 fully saturated rings. The zero-order valence-corrected chi connectivity index (χ0v) is 19.2. The van der Waals surface area contributed by atoms with E-state index in [1.165, 1.54) is 44.8 Å². The van der Waals surface area contributed by atoms with Gasteiger partial charge in [-0.05, 0) is 85.3 Å². The summed E-state index contributed by atoms with van der Waals surface area (Å²) in [6.07, 6.45) is 6.62. The third-order valence-corrected chi connectivity index (χ3v) is 6.30. The molecule has 2 N–H and O–H groups in total. The standard InChI is InChI=1S/C28H30N2O3/c1-19-17-22(27(31)30-25-10-6-9-23(18-25)28(32)33-2)13-16-26(19)29-24-14-11-21(12-15-24)20-7-4-3-5-8-20/h6,9-18,20,29H,3-5,7-8H2,1-2H3,(H,30,31). The zero-order valence-electron chi connectivity index (χ0n) is 19.2. The number of hydrogen-bond acceptors (Lipinski definition) is 4. The second-order valence-electron chi connectivity index (χ2n) is 8.64. The molecular formula is C28H30N2O3. The summed E-state index contributed by atoms with van der Waals surface area (Å²) in [4.78, 5) is 24.4. The predicted octanol–water partition coefficient (Wildman–Crippen LogP) is 6.83. The summed E-state index contributed by atoms with van der Waals surface area (Å²) in [6, 6.07) is 21.0. The Kier molecular flexibility index (Phi) is 7.08. The van der Waals surface area contributed by atoms with Gasteiger partial charge in [0.2, 0.25) is 0 Å². The number of nitrogens with one attached hydrogen (secondary N) is 2. The summed E-state index contributed by atoms with van der Waals surface area (Å²) >= 11 is 0. The van der Waals surface area contributed by atoms with Gasteiger partial charge < -0.3 is 15.4 Å². The number of aryl methyl sites for hydroxylation is 1. The molecular weight excluding hydrogens is 412 g/mol. The molecule has 0 aromatic heterocycles. The van der Waals surface area contributed by atoms with Gasteiger partial charge in [0, 0.05) is 22.6 Å². The van der Waals surface area contributed by atoms with Crippen LogP contribution in [-0.2, 0) is 4.74 Å². The summed E-state index contributed by atoms with van der Waals surface area (Å²) in [5.74, 6) is 0.0216. The molecule has 33 heavy (non-hydrogen) atoms. The summed E-state index contributed by atoms with van der Waals surface area (Å²) < 4.78 is 4.74. The number of carbonyl (C=O) groups is 2. The van der Waals surface area contributed by atoms with Gasteiger partial charge in [-0.25, -0.2) is 4.79 Å². The van der Waals surface area contributed by atoms with Crippen molar-refractivity contribution in [3.05, 3.63) is 89.0 Å². The van der Waals surface area contributed by atoms with Crippen LogP contribution >= 0.6 is 0 Å². The Morgan fingerprint density at radius 2 is 1.61 bits per heavy atom. The van der Waals surface area contributed by atoms with Crippen LogP contribution in [0, 0.1) is 6.92 Å². The minimum absolute atomic E-state index is 0.233. The Morgan fingerprint density at radius 3 is 2.30 bits per heavy atom. The monoisotopic (exact) mass is 442 g/mol. The van der Waals surface area contributed by atoms with Crippen molar-refractivity contribution in [2.75, 3.05) is 17.7 Å². The number of anilines is 3. The Hall–Kier alpha value is -3.60. The number of benzene rings is 3. The average Bonchev–Trinajstić information content (AvgIpc) is 2.86. The molecule has 0 atom stereocenters. The van der Waals surface area contributed by atoms with E-state index >= 15 is 0 Å². The molecule has 5 nitrogen and oxygen atoms in total. The summed E-state index contributed by atoms with van der Waals surface area (Å²) in [5, 5.41) is 6.31. The Bertz CT molecular complexity index is 1130. The van der Waals surface area contributed by atoms with E-state index in [0.717, 1.165) is 16.9 Å². The van der Waals surface area contributed by atoms with E-state index in [1.807, 2.05) is 19.1 Å². The van der Waals surface area contributed by atoms with Crippen LogP contribution in [0.3, 0.4) is 0 Å². The Morgan fingerprint density at radius 1 is 0.848 bits per heavy atom. The van der Waals surface area contributed by atoms with Crippen molar-refractivity contribution in [1.29, 1.82) is 0 Å². The van der Waals surface area contributed by atoms with Crippen molar-refractivity contribution in [1.82, 2.24) is 0 Å². The number of methoxy groups -OCH3 is 1. The molecule has 1 aliphatic rings. The predicted molar refractivity (Wildman–Crippen MR) is 132 cm³/mol. The lowest BCUT2D eigenvalue weighted by atomic mass is 9.84. The fraction of sp³-hybridized carbons (Fsp3) is 0.286. The number of amides is 1. The molecule has 1 saturated carbocycles. The minimum atomic E-state index is -0.441. The van der Waals surface area contributed by atoms with Gasteiger partial charge in [0.15, 0.2) is 0 Å². The van der Waals surface area contributed by atoms with Gasteiger partial charge in [0.05, 0.1) is 12.7 Å². The van der Waals surface area contributed by atoms with E-state index in [-0.39, 0.29) is 5.91 Å². The van der Waals surface area contributed by atoms with Crippen LogP contribution in [-0.4, -0.2) is 19.0 Å². The van der Waals surface area contributed by atoms with Gasteiger partial charge in [0.1, 0.15) is 0 Å². The molecule has 0 radical (unpaired) electrons. The molecule has 3 aromatic rings. The van der Waals surface area contributed by atoms with E-state index in [2.05, 4.69) is 34.9 Å². The minimum Gasteiger partial charge on any atom is -0.465 e. The second-order valence-corrected chi connectivity index (χ2v) is 8.64. The smallest absolute Gasteiger partial charge is 0.337 e. The Labute approximate surface area is 195 Å². The number of esters is 1. The van der Waals surface area contributed by atoms with Crippen molar-refractivity contribution in [2.45, 2.75) is 44.9 Å². The van der Waals surface area contributed by atoms with E-state index < -0.39 is 5.97 Å². The number of ether oxygens (including phenoxy) is 1. The first-order valence-electron chi connectivity index (χ1n) is 11.5. The van der Waals surface area contributed by atoms with Crippen molar-refractivity contribution >= 4 is 28.9 Å². The maximum Gasteiger partial charge on any atom is 0.337 e. The molecule has 3 aromatic carbocycles. The van der Waals surface area contributed by atoms with Gasteiger partial charge in [-0.15, -0.1) is 0 Å². The number of carbonyl (C=O) groups excluding carboxylic acids is 2. The lowest BCUT2D eigenvalue weighted by Gasteiger charge is -2.22. The molecule has 0 saturated heterocycles. The largest absolute Gasteiger partial charge is 0.465 e. The lowest BCUT2D eigenvalue weighted by Crippen LogP contribution is -2.13. The molecule has 0 bridgehead atoms. The van der Waals surface area contributed by atoms with Gasteiger partial charge in [-0.1, -0.05) is 37.5 Å². The molecule has 5 heteroatoms. The molecule has 1 aliphatic carbocycles. The quantitative estimate of drug-likeness (QED) is 0.411. The van der Waals surface area contributed by atoms with Crippen molar-refractivity contribution in [2.24, 2.45) is 0 Å². The van der Waals surface area contributed by atoms with Crippen LogP contribution in [0.4, 0.5) is 17.1 Å². The van der Waals surface area contributed by atoms with E-state index in [0.29, 0.717) is 22.7 Å². The molecule has 0 spiro atoms. The highest BCUT2D eigenvalue weighted by molar-refractivity contribution is 6.05. The van der Waals surface area contributed by atoms with Crippen LogP contribution < -0.4 is 10.6 Å². The second kappa shape index (κ2) is 10.3. The summed E-state index contributed by atoms with van der Waals surface area (Å²) in [7, 11) is 1.33. The van der Waals surface area contributed by atoms with Crippen LogP contribution in [0.1, 0.15) is 69.9 Å². The summed E-state index contributed by atoms with van der Waals surface area (Å²) in [5.41, 5.74) is 5.89. The highest BCUT2D eigenvalue weighted by Crippen LogP contribution is 2.33. The summed E-state index contributed by atoms with van der Waals surface area (Å²) in [6.45, 7) is 1.98. The highest BCUT2D eigenvalue weighted by Gasteiger charge is 2.15. The molecule has 170 valence electrons. The van der Waals surface area contributed by atoms with Crippen LogP contribution in [0.25, 0.3) is 0 Å². The van der Waals surface area contributed by atoms with Crippen LogP contribution in [0.15, 0.2) is 66.7 Å². The van der Waals surface area contributed by atoms with Gasteiger partial charge in [-0.2, -0.15) is 0 Å². The zero-order chi connectivity index (χ0) is 23.2. The number of rotatable bonds is 6. The van der Waals surface area contributed by atoms with Gasteiger partial charge in [-0.3, -0.25) is 4.79 Å². The van der Waals surface area contributed by atoms with E-state index in [4.69, 9.17) is 4.74 Å². The molecule has 0 heterocycles. The topological polar surface area (TPSA) is 67.4 Å². The maximum atomic E-state index is 12.7. The molecule has 1 amide bonds. The SMILES string of the molecule is COC(=O)c1cccc(NC(=O)c2ccc(Nc3ccc(C4CCCCC4)cc3)c(C)c2)c1. The first-order valence-corrected chi connectivity index (χ1v) is 11.5. The van der Waals surface area contributed by atoms with Crippen molar-refractivity contribution in [3.8, 4) is 0 Å². The van der Waals surface area contributed by atoms with Gasteiger partial charge >= 0.3 is 5.97 Å². The third-order valence-electron chi connectivity index (χ3n) is 6.30. The highest BCUT2D eigenvalue weighted by atomic mass is 16.5. The van der Waals surface area contributed by atoms with E-state index in [9.17, 15) is 9.59 Å². The molecule has 4 rings (SSSR count). The fourth-order valence-corrected chi connectivity index (χ4v) is 4.42. The van der Waals surface area contributed by atoms with Crippen LogP contribution in [0.2, 0.25) is 0 Å². The fourth-order valence-electron chi connectivity index (χ4n) is 4.42. The molecule has 0 unspecified atom stereocenters. The Balaban J connectivity index is 1.41. The lowest BCUT2D eigenvalue weighted by molar-refractivity contribution is 0.0600. The first-order chi connectivity index (χ1) is 16.0. The average molecular weight is 443 g/mol. The molecule has 0 aliphatic heterocycles. The van der Waals surface area contributed by atoms with Crippen molar-refractivity contribution in [3.63, 3.8) is 0 Å². The van der Waals surface area contributed by atoms with Crippen LogP contribution in [0.5, 0.6) is 0 Å². The van der Waals surface area contributed by atoms with E-state index in [1.54, 1.807) is 30.3 Å².